The van der Waals surface area contributed by atoms with E-state index in [2.05, 4.69) is 0 Å². The molecule has 1 aromatic rings. The van der Waals surface area contributed by atoms with Crippen LogP contribution < -0.4 is 4.74 Å². The fourth-order valence-corrected chi connectivity index (χ4v) is 2.54. The molecule has 0 atom stereocenters. The molecule has 1 N–H and O–H groups in total. The second-order valence-electron chi connectivity index (χ2n) is 5.13. The van der Waals surface area contributed by atoms with Crippen molar-refractivity contribution >= 4 is 11.9 Å². The number of amides is 1. The molecule has 1 aliphatic heterocycles. The molecule has 0 aromatic heterocycles. The number of carboxylic acid groups (broad SMARTS) is 1. The first kappa shape index (κ1) is 15.3. The van der Waals surface area contributed by atoms with Gasteiger partial charge in [0.05, 0.1) is 19.4 Å². The summed E-state index contributed by atoms with van der Waals surface area (Å²) in [5.41, 5.74) is 0.503. The third-order valence-corrected chi connectivity index (χ3v) is 3.78. The van der Waals surface area contributed by atoms with Gasteiger partial charge in [-0.3, -0.25) is 9.59 Å². The second kappa shape index (κ2) is 6.56. The van der Waals surface area contributed by atoms with Gasteiger partial charge in [-0.05, 0) is 31.0 Å². The highest BCUT2D eigenvalue weighted by Crippen LogP contribution is 2.22. The van der Waals surface area contributed by atoms with Crippen LogP contribution in [0, 0.1) is 11.7 Å². The van der Waals surface area contributed by atoms with Crippen LogP contribution in [0.3, 0.4) is 0 Å². The Bertz CT molecular complexity index is 538. The summed E-state index contributed by atoms with van der Waals surface area (Å²) in [4.78, 5) is 24.7. The smallest absolute Gasteiger partial charge is 0.306 e. The van der Waals surface area contributed by atoms with Crippen molar-refractivity contribution in [2.45, 2.75) is 19.3 Å². The maximum Gasteiger partial charge on any atom is 0.306 e. The zero-order valence-corrected chi connectivity index (χ0v) is 11.8. The van der Waals surface area contributed by atoms with E-state index < -0.39 is 11.8 Å². The van der Waals surface area contributed by atoms with Gasteiger partial charge >= 0.3 is 5.97 Å². The van der Waals surface area contributed by atoms with E-state index in [0.717, 1.165) is 0 Å². The molecule has 0 unspecified atom stereocenters. The molecule has 1 fully saturated rings. The molecule has 0 radical (unpaired) electrons. The number of carbonyl (C=O) groups is 2. The molecule has 0 spiro atoms. The number of rotatable bonds is 4. The van der Waals surface area contributed by atoms with Crippen LogP contribution in [0.5, 0.6) is 5.75 Å². The first-order chi connectivity index (χ1) is 10.0. The van der Waals surface area contributed by atoms with Crippen molar-refractivity contribution in [2.75, 3.05) is 20.2 Å². The van der Waals surface area contributed by atoms with Crippen molar-refractivity contribution in [2.24, 2.45) is 5.92 Å². The highest BCUT2D eigenvalue weighted by molar-refractivity contribution is 5.80. The summed E-state index contributed by atoms with van der Waals surface area (Å²) in [6.45, 7) is 0.848. The van der Waals surface area contributed by atoms with Gasteiger partial charge in [0.2, 0.25) is 5.91 Å². The van der Waals surface area contributed by atoms with Gasteiger partial charge in [0.15, 0.2) is 0 Å². The van der Waals surface area contributed by atoms with Crippen LogP contribution in [0.2, 0.25) is 0 Å². The predicted octanol–water partition coefficient (Wildman–Crippen LogP) is 1.70. The Morgan fingerprint density at radius 2 is 2.05 bits per heavy atom. The molecule has 5 nitrogen and oxygen atoms in total. The van der Waals surface area contributed by atoms with E-state index in [4.69, 9.17) is 9.84 Å². The average Bonchev–Trinajstić information content (AvgIpc) is 2.47. The number of carboxylic acids is 1. The van der Waals surface area contributed by atoms with Crippen LogP contribution in [0.25, 0.3) is 0 Å². The highest BCUT2D eigenvalue weighted by atomic mass is 19.1. The summed E-state index contributed by atoms with van der Waals surface area (Å²) in [5.74, 6) is -1.26. The quantitative estimate of drug-likeness (QED) is 0.918. The Morgan fingerprint density at radius 3 is 2.62 bits per heavy atom. The molecule has 2 rings (SSSR count). The third-order valence-electron chi connectivity index (χ3n) is 3.78. The number of methoxy groups -OCH3 is 1. The van der Waals surface area contributed by atoms with Gasteiger partial charge in [-0.25, -0.2) is 4.39 Å². The van der Waals surface area contributed by atoms with Crippen LogP contribution in [0.1, 0.15) is 18.4 Å². The molecule has 0 saturated carbocycles. The Morgan fingerprint density at radius 1 is 1.38 bits per heavy atom. The van der Waals surface area contributed by atoms with Crippen LogP contribution >= 0.6 is 0 Å². The van der Waals surface area contributed by atoms with Gasteiger partial charge in [-0.1, -0.05) is 0 Å². The van der Waals surface area contributed by atoms with Crippen molar-refractivity contribution in [3.8, 4) is 5.75 Å². The molecule has 6 heteroatoms. The molecule has 1 heterocycles. The van der Waals surface area contributed by atoms with Gasteiger partial charge in [-0.15, -0.1) is 0 Å². The minimum Gasteiger partial charge on any atom is -0.496 e. The molecule has 0 bridgehead atoms. The number of likely N-dealkylation sites (tertiary alicyclic amines) is 1. The van der Waals surface area contributed by atoms with Crippen molar-refractivity contribution in [1.82, 2.24) is 4.90 Å². The number of ether oxygens (including phenoxy) is 1. The van der Waals surface area contributed by atoms with Crippen molar-refractivity contribution in [3.05, 3.63) is 29.6 Å². The number of halogens is 1. The number of aliphatic carboxylic acids is 1. The standard InChI is InChI=1S/C15H18FNO4/c1-21-13-3-2-12(16)8-11(13)9-14(18)17-6-4-10(5-7-17)15(19)20/h2-3,8,10H,4-7,9H2,1H3,(H,19,20). The number of piperidine rings is 1. The summed E-state index contributed by atoms with van der Waals surface area (Å²) in [6, 6.07) is 4.07. The van der Waals surface area contributed by atoms with E-state index in [1.807, 2.05) is 0 Å². The average molecular weight is 295 g/mol. The number of benzene rings is 1. The summed E-state index contributed by atoms with van der Waals surface area (Å²) in [7, 11) is 1.47. The number of nitrogens with zero attached hydrogens (tertiary/aromatic N) is 1. The Balaban J connectivity index is 1.99. The summed E-state index contributed by atoms with van der Waals surface area (Å²) < 4.78 is 18.4. The van der Waals surface area contributed by atoms with E-state index >= 15 is 0 Å². The molecular weight excluding hydrogens is 277 g/mol. The van der Waals surface area contributed by atoms with Gasteiger partial charge in [-0.2, -0.15) is 0 Å². The zero-order valence-electron chi connectivity index (χ0n) is 11.8. The molecule has 1 aliphatic rings. The Labute approximate surface area is 122 Å². The van der Waals surface area contributed by atoms with E-state index in [9.17, 15) is 14.0 Å². The second-order valence-corrected chi connectivity index (χ2v) is 5.13. The molecule has 1 amide bonds. The van der Waals surface area contributed by atoms with E-state index in [1.54, 1.807) is 4.90 Å². The normalized spacial score (nSPS) is 15.8. The largest absolute Gasteiger partial charge is 0.496 e. The number of hydrogen-bond donors (Lipinski definition) is 1. The van der Waals surface area contributed by atoms with E-state index in [0.29, 0.717) is 37.2 Å². The van der Waals surface area contributed by atoms with Gasteiger partial charge in [0, 0.05) is 18.7 Å². The number of hydrogen-bond acceptors (Lipinski definition) is 3. The molecule has 1 aromatic carbocycles. The summed E-state index contributed by atoms with van der Waals surface area (Å²) in [5, 5.41) is 8.94. The fraction of sp³-hybridized carbons (Fsp3) is 0.467. The minimum absolute atomic E-state index is 0.0542. The maximum atomic E-state index is 13.3. The molecule has 1 saturated heterocycles. The third kappa shape index (κ3) is 3.71. The lowest BCUT2D eigenvalue weighted by molar-refractivity contribution is -0.145. The fourth-order valence-electron chi connectivity index (χ4n) is 2.54. The molecular formula is C15H18FNO4. The van der Waals surface area contributed by atoms with Gasteiger partial charge < -0.3 is 14.7 Å². The first-order valence-corrected chi connectivity index (χ1v) is 6.84. The lowest BCUT2D eigenvalue weighted by atomic mass is 9.96. The number of carbonyl (C=O) groups excluding carboxylic acids is 1. The monoisotopic (exact) mass is 295 g/mol. The van der Waals surface area contributed by atoms with Crippen LogP contribution in [0.15, 0.2) is 18.2 Å². The van der Waals surface area contributed by atoms with Crippen LogP contribution in [0.4, 0.5) is 4.39 Å². The maximum absolute atomic E-state index is 13.3. The molecule has 114 valence electrons. The van der Waals surface area contributed by atoms with Gasteiger partial charge in [0.25, 0.3) is 0 Å². The molecule has 0 aliphatic carbocycles. The van der Waals surface area contributed by atoms with E-state index in [1.165, 1.54) is 25.3 Å². The van der Waals surface area contributed by atoms with Crippen molar-refractivity contribution in [1.29, 1.82) is 0 Å². The Hall–Kier alpha value is -2.11. The lowest BCUT2D eigenvalue weighted by Crippen LogP contribution is -2.41. The highest BCUT2D eigenvalue weighted by Gasteiger charge is 2.27. The SMILES string of the molecule is COc1ccc(F)cc1CC(=O)N1CCC(C(=O)O)CC1. The summed E-state index contributed by atoms with van der Waals surface area (Å²) in [6.07, 6.45) is 0.974. The van der Waals surface area contributed by atoms with Gasteiger partial charge in [0.1, 0.15) is 11.6 Å². The van der Waals surface area contributed by atoms with E-state index in [-0.39, 0.29) is 18.2 Å². The van der Waals surface area contributed by atoms with Crippen molar-refractivity contribution < 1.29 is 23.8 Å². The lowest BCUT2D eigenvalue weighted by Gasteiger charge is -2.30. The zero-order chi connectivity index (χ0) is 15.4. The van der Waals surface area contributed by atoms with Crippen LogP contribution in [-0.4, -0.2) is 42.1 Å². The topological polar surface area (TPSA) is 66.8 Å². The van der Waals surface area contributed by atoms with Crippen LogP contribution in [-0.2, 0) is 16.0 Å². The Kier molecular flexibility index (Phi) is 4.77. The molecule has 21 heavy (non-hydrogen) atoms. The van der Waals surface area contributed by atoms with Crippen molar-refractivity contribution in [3.63, 3.8) is 0 Å². The minimum atomic E-state index is -0.811. The summed E-state index contributed by atoms with van der Waals surface area (Å²) >= 11 is 0. The first-order valence-electron chi connectivity index (χ1n) is 6.84. The predicted molar refractivity (Wildman–Crippen MR) is 73.6 cm³/mol.